The maximum atomic E-state index is 12.3. The number of carbonyl (C=O) groups is 1. The molecule has 0 bridgehead atoms. The lowest BCUT2D eigenvalue weighted by Gasteiger charge is -2.11. The average molecular weight is 347 g/mol. The maximum absolute atomic E-state index is 12.3. The summed E-state index contributed by atoms with van der Waals surface area (Å²) in [6.45, 7) is 5.73. The monoisotopic (exact) mass is 347 g/mol. The van der Waals surface area contributed by atoms with Gasteiger partial charge in [-0.1, -0.05) is 12.1 Å². The third-order valence-electron chi connectivity index (χ3n) is 3.51. The number of rotatable bonds is 6. The van der Waals surface area contributed by atoms with Gasteiger partial charge in [-0.2, -0.15) is 0 Å². The van der Waals surface area contributed by atoms with Crippen molar-refractivity contribution in [3.63, 3.8) is 0 Å². The number of amides is 1. The summed E-state index contributed by atoms with van der Waals surface area (Å²) in [5.74, 6) is -0.284. The number of hydrogen-bond acceptors (Lipinski definition) is 4. The fraction of sp³-hybridized carbons (Fsp3) is 0.294. The average Bonchev–Trinajstić information content (AvgIpc) is 2.54. The number of sulfonamides is 1. The van der Waals surface area contributed by atoms with Crippen LogP contribution in [-0.2, 0) is 10.0 Å². The van der Waals surface area contributed by atoms with Crippen LogP contribution in [0, 0.1) is 20.8 Å². The molecule has 1 aromatic carbocycles. The zero-order valence-electron chi connectivity index (χ0n) is 14.0. The smallest absolute Gasteiger partial charge is 0.252 e. The van der Waals surface area contributed by atoms with Gasteiger partial charge in [-0.25, -0.2) is 13.1 Å². The van der Waals surface area contributed by atoms with E-state index in [9.17, 15) is 13.2 Å². The van der Waals surface area contributed by atoms with E-state index in [2.05, 4.69) is 15.0 Å². The Morgan fingerprint density at radius 3 is 2.50 bits per heavy atom. The largest absolute Gasteiger partial charge is 0.351 e. The van der Waals surface area contributed by atoms with Gasteiger partial charge in [0.25, 0.3) is 5.91 Å². The quantitative estimate of drug-likeness (QED) is 0.779. The van der Waals surface area contributed by atoms with Crippen molar-refractivity contribution in [2.45, 2.75) is 25.7 Å². The van der Waals surface area contributed by atoms with E-state index < -0.39 is 10.0 Å². The van der Waals surface area contributed by atoms with Crippen molar-refractivity contribution < 1.29 is 13.2 Å². The summed E-state index contributed by atoms with van der Waals surface area (Å²) in [6.07, 6.45) is 1.49. The first kappa shape index (κ1) is 18.1. The minimum atomic E-state index is -3.60. The number of benzene rings is 1. The van der Waals surface area contributed by atoms with Gasteiger partial charge < -0.3 is 5.32 Å². The first-order valence-electron chi connectivity index (χ1n) is 7.57. The summed E-state index contributed by atoms with van der Waals surface area (Å²) in [4.78, 5) is 16.2. The highest BCUT2D eigenvalue weighted by Gasteiger charge is 2.16. The lowest BCUT2D eigenvalue weighted by atomic mass is 10.2. The normalized spacial score (nSPS) is 11.3. The van der Waals surface area contributed by atoms with Gasteiger partial charge in [0.05, 0.1) is 10.5 Å². The Morgan fingerprint density at radius 1 is 1.08 bits per heavy atom. The number of carbonyl (C=O) groups excluding carboxylic acids is 1. The zero-order valence-corrected chi connectivity index (χ0v) is 14.8. The first-order valence-corrected chi connectivity index (χ1v) is 9.06. The molecule has 0 radical (unpaired) electrons. The van der Waals surface area contributed by atoms with E-state index in [1.165, 1.54) is 6.20 Å². The molecule has 1 amide bonds. The van der Waals surface area contributed by atoms with Gasteiger partial charge in [0.15, 0.2) is 0 Å². The van der Waals surface area contributed by atoms with E-state index in [0.717, 1.165) is 11.3 Å². The molecule has 0 aliphatic rings. The maximum Gasteiger partial charge on any atom is 0.252 e. The Balaban J connectivity index is 1.90. The van der Waals surface area contributed by atoms with E-state index in [1.807, 2.05) is 19.9 Å². The molecule has 0 aliphatic heterocycles. The third-order valence-corrected chi connectivity index (χ3v) is 5.11. The number of hydrogen-bond donors (Lipinski definition) is 2. The fourth-order valence-electron chi connectivity index (χ4n) is 2.14. The SMILES string of the molecule is Cc1ccc(C)c(S(=O)(=O)NCCNC(=O)c2ccc(C)nc2)c1. The Morgan fingerprint density at radius 2 is 1.83 bits per heavy atom. The summed E-state index contributed by atoms with van der Waals surface area (Å²) < 4.78 is 27.1. The molecule has 128 valence electrons. The van der Waals surface area contributed by atoms with Crippen LogP contribution in [0.1, 0.15) is 27.2 Å². The molecule has 2 rings (SSSR count). The van der Waals surface area contributed by atoms with E-state index >= 15 is 0 Å². The van der Waals surface area contributed by atoms with Crippen LogP contribution in [0.25, 0.3) is 0 Å². The predicted octanol–water partition coefficient (Wildman–Crippen LogP) is 1.72. The van der Waals surface area contributed by atoms with E-state index in [0.29, 0.717) is 11.1 Å². The molecule has 6 nitrogen and oxygen atoms in total. The second kappa shape index (κ2) is 7.55. The molecule has 0 unspecified atom stereocenters. The third kappa shape index (κ3) is 4.62. The van der Waals surface area contributed by atoms with E-state index in [4.69, 9.17) is 0 Å². The molecule has 0 fully saturated rings. The highest BCUT2D eigenvalue weighted by molar-refractivity contribution is 7.89. The van der Waals surface area contributed by atoms with Gasteiger partial charge in [-0.15, -0.1) is 0 Å². The molecule has 1 aromatic heterocycles. The second-order valence-corrected chi connectivity index (χ2v) is 7.35. The lowest BCUT2D eigenvalue weighted by Crippen LogP contribution is -2.35. The Labute approximate surface area is 142 Å². The molecule has 0 saturated carbocycles. The molecular weight excluding hydrogens is 326 g/mol. The highest BCUT2D eigenvalue weighted by Crippen LogP contribution is 2.16. The number of pyridine rings is 1. The second-order valence-electron chi connectivity index (χ2n) is 5.61. The van der Waals surface area contributed by atoms with Crippen molar-refractivity contribution in [1.29, 1.82) is 0 Å². The van der Waals surface area contributed by atoms with Crippen LogP contribution >= 0.6 is 0 Å². The van der Waals surface area contributed by atoms with Gasteiger partial charge in [-0.05, 0) is 50.1 Å². The van der Waals surface area contributed by atoms with Crippen LogP contribution in [0.5, 0.6) is 0 Å². The predicted molar refractivity (Wildman–Crippen MR) is 92.4 cm³/mol. The molecule has 1 heterocycles. The minimum Gasteiger partial charge on any atom is -0.351 e. The van der Waals surface area contributed by atoms with Gasteiger partial charge in [0, 0.05) is 25.0 Å². The molecule has 2 aromatic rings. The molecule has 0 atom stereocenters. The van der Waals surface area contributed by atoms with Crippen LogP contribution in [0.4, 0.5) is 0 Å². The molecule has 0 spiro atoms. The summed E-state index contributed by atoms with van der Waals surface area (Å²) in [5, 5.41) is 2.66. The Kier molecular flexibility index (Phi) is 5.69. The van der Waals surface area contributed by atoms with Gasteiger partial charge in [0.2, 0.25) is 10.0 Å². The van der Waals surface area contributed by atoms with Gasteiger partial charge >= 0.3 is 0 Å². The molecule has 2 N–H and O–H groups in total. The highest BCUT2D eigenvalue weighted by atomic mass is 32.2. The van der Waals surface area contributed by atoms with Crippen molar-refractivity contribution in [2.75, 3.05) is 13.1 Å². The molecule has 0 aliphatic carbocycles. The van der Waals surface area contributed by atoms with E-state index in [-0.39, 0.29) is 23.9 Å². The topological polar surface area (TPSA) is 88.2 Å². The van der Waals surface area contributed by atoms with Crippen molar-refractivity contribution >= 4 is 15.9 Å². The van der Waals surface area contributed by atoms with Crippen molar-refractivity contribution in [1.82, 2.24) is 15.0 Å². The van der Waals surface area contributed by atoms with Crippen molar-refractivity contribution in [3.05, 3.63) is 58.9 Å². The summed E-state index contributed by atoms with van der Waals surface area (Å²) in [5.41, 5.74) is 2.83. The molecular formula is C17H21N3O3S. The van der Waals surface area contributed by atoms with Crippen molar-refractivity contribution in [2.24, 2.45) is 0 Å². The zero-order chi connectivity index (χ0) is 17.7. The van der Waals surface area contributed by atoms with Crippen molar-refractivity contribution in [3.8, 4) is 0 Å². The molecule has 7 heteroatoms. The van der Waals surface area contributed by atoms with Gasteiger partial charge in [-0.3, -0.25) is 9.78 Å². The van der Waals surface area contributed by atoms with Crippen LogP contribution in [0.3, 0.4) is 0 Å². The number of aromatic nitrogens is 1. The lowest BCUT2D eigenvalue weighted by molar-refractivity contribution is 0.0954. The van der Waals surface area contributed by atoms with E-state index in [1.54, 1.807) is 31.2 Å². The van der Waals surface area contributed by atoms with Gasteiger partial charge in [0.1, 0.15) is 0 Å². The standard InChI is InChI=1S/C17H21N3O3S/c1-12-4-5-13(2)16(10-12)24(22,23)20-9-8-18-17(21)15-7-6-14(3)19-11-15/h4-7,10-11,20H,8-9H2,1-3H3,(H,18,21). The Hall–Kier alpha value is -2.25. The fourth-order valence-corrected chi connectivity index (χ4v) is 3.50. The molecule has 24 heavy (non-hydrogen) atoms. The minimum absolute atomic E-state index is 0.112. The summed E-state index contributed by atoms with van der Waals surface area (Å²) in [6, 6.07) is 8.70. The first-order chi connectivity index (χ1) is 11.3. The van der Waals surface area contributed by atoms with Crippen LogP contribution in [0.15, 0.2) is 41.4 Å². The number of nitrogens with one attached hydrogen (secondary N) is 2. The van der Waals surface area contributed by atoms with Crippen LogP contribution in [0.2, 0.25) is 0 Å². The number of aryl methyl sites for hydroxylation is 3. The molecule has 0 saturated heterocycles. The van der Waals surface area contributed by atoms with Crippen LogP contribution < -0.4 is 10.0 Å². The Bertz CT molecular complexity index is 831. The van der Waals surface area contributed by atoms with Crippen LogP contribution in [-0.4, -0.2) is 32.4 Å². The summed E-state index contributed by atoms with van der Waals surface area (Å²) in [7, 11) is -3.60. The summed E-state index contributed by atoms with van der Waals surface area (Å²) >= 11 is 0. The number of nitrogens with zero attached hydrogens (tertiary/aromatic N) is 1.